The van der Waals surface area contributed by atoms with Crippen LogP contribution in [0.2, 0.25) is 0 Å². The lowest BCUT2D eigenvalue weighted by Gasteiger charge is -2.33. The number of carbonyl (C=O) groups excluding carboxylic acids is 2. The molecule has 37 heavy (non-hydrogen) atoms. The lowest BCUT2D eigenvalue weighted by Crippen LogP contribution is -2.48. The molecule has 1 aliphatic carbocycles. The lowest BCUT2D eigenvalue weighted by atomic mass is 10.1. The minimum absolute atomic E-state index is 0.00941. The summed E-state index contributed by atoms with van der Waals surface area (Å²) in [4.78, 5) is 31.3. The van der Waals surface area contributed by atoms with Gasteiger partial charge >= 0.3 is 12.1 Å². The number of piperidine rings is 1. The number of hydrogen-bond acceptors (Lipinski definition) is 5. The molecule has 2 heterocycles. The normalized spacial score (nSPS) is 17.8. The van der Waals surface area contributed by atoms with Crippen LogP contribution >= 0.6 is 0 Å². The highest BCUT2D eigenvalue weighted by atomic mass is 16.6. The third-order valence-electron chi connectivity index (χ3n) is 6.88. The number of fused-ring (bicyclic) bond motifs is 2. The van der Waals surface area contributed by atoms with Crippen molar-refractivity contribution in [2.24, 2.45) is 0 Å². The number of hydrogen-bond donors (Lipinski definition) is 3. The van der Waals surface area contributed by atoms with Crippen molar-refractivity contribution in [1.82, 2.24) is 15.2 Å². The summed E-state index contributed by atoms with van der Waals surface area (Å²) < 4.78 is 5.44. The van der Waals surface area contributed by atoms with Gasteiger partial charge in [0.15, 0.2) is 0 Å². The van der Waals surface area contributed by atoms with E-state index in [1.807, 2.05) is 51.1 Å². The number of pyridine rings is 1. The first-order valence-corrected chi connectivity index (χ1v) is 13.0. The molecule has 194 valence electrons. The van der Waals surface area contributed by atoms with Crippen molar-refractivity contribution in [3.8, 4) is 0 Å². The van der Waals surface area contributed by atoms with Gasteiger partial charge in [-0.1, -0.05) is 24.3 Å². The monoisotopic (exact) mass is 501 g/mol. The summed E-state index contributed by atoms with van der Waals surface area (Å²) in [6.07, 6.45) is 3.23. The Morgan fingerprint density at radius 2 is 1.78 bits per heavy atom. The number of ether oxygens (including phenoxy) is 1. The van der Waals surface area contributed by atoms with Gasteiger partial charge < -0.3 is 25.6 Å². The summed E-state index contributed by atoms with van der Waals surface area (Å²) in [5.74, 6) is 0.852. The van der Waals surface area contributed by atoms with E-state index >= 15 is 0 Å². The van der Waals surface area contributed by atoms with Gasteiger partial charge in [0.05, 0.1) is 11.6 Å². The Hall–Kier alpha value is -3.81. The van der Waals surface area contributed by atoms with Crippen LogP contribution in [-0.4, -0.2) is 46.7 Å². The molecule has 0 radical (unpaired) electrons. The molecule has 0 spiro atoms. The zero-order chi connectivity index (χ0) is 26.0. The number of carbonyl (C=O) groups is 2. The number of likely N-dealkylation sites (tertiary alicyclic amines) is 1. The van der Waals surface area contributed by atoms with E-state index in [2.05, 4.69) is 40.2 Å². The molecule has 0 saturated carbocycles. The van der Waals surface area contributed by atoms with Crippen LogP contribution in [0.4, 0.5) is 21.1 Å². The Balaban J connectivity index is 1.14. The zero-order valence-corrected chi connectivity index (χ0v) is 21.7. The Labute approximate surface area is 217 Å². The molecule has 3 aromatic rings. The molecule has 1 aliphatic heterocycles. The van der Waals surface area contributed by atoms with Gasteiger partial charge in [0.25, 0.3) is 0 Å². The van der Waals surface area contributed by atoms with Crippen molar-refractivity contribution in [3.05, 3.63) is 65.7 Å². The van der Waals surface area contributed by atoms with Gasteiger partial charge in [0.1, 0.15) is 11.4 Å². The quantitative estimate of drug-likeness (QED) is 0.416. The molecular weight excluding hydrogens is 466 g/mol. The zero-order valence-electron chi connectivity index (χ0n) is 21.7. The summed E-state index contributed by atoms with van der Waals surface area (Å²) in [7, 11) is 0. The summed E-state index contributed by atoms with van der Waals surface area (Å²) in [6.45, 7) is 6.70. The van der Waals surface area contributed by atoms with Gasteiger partial charge in [0.2, 0.25) is 0 Å². The second-order valence-electron chi connectivity index (χ2n) is 10.9. The van der Waals surface area contributed by atoms with Crippen molar-refractivity contribution in [2.75, 3.05) is 23.7 Å². The van der Waals surface area contributed by atoms with E-state index in [0.29, 0.717) is 31.6 Å². The summed E-state index contributed by atoms with van der Waals surface area (Å²) in [6, 6.07) is 18.4. The van der Waals surface area contributed by atoms with Crippen LogP contribution in [-0.2, 0) is 11.2 Å². The first kappa shape index (κ1) is 24.9. The summed E-state index contributed by atoms with van der Waals surface area (Å²) in [5, 5.41) is 10.5. The topological polar surface area (TPSA) is 95.6 Å². The minimum atomic E-state index is -0.512. The van der Waals surface area contributed by atoms with Crippen molar-refractivity contribution in [3.63, 3.8) is 0 Å². The van der Waals surface area contributed by atoms with Crippen LogP contribution in [0.1, 0.15) is 57.2 Å². The smallest absolute Gasteiger partial charge is 0.410 e. The summed E-state index contributed by atoms with van der Waals surface area (Å²) >= 11 is 0. The van der Waals surface area contributed by atoms with E-state index in [1.165, 1.54) is 11.1 Å². The lowest BCUT2D eigenvalue weighted by molar-refractivity contribution is 0.0202. The van der Waals surface area contributed by atoms with Crippen molar-refractivity contribution in [1.29, 1.82) is 0 Å². The largest absolute Gasteiger partial charge is 0.444 e. The summed E-state index contributed by atoms with van der Waals surface area (Å²) in [5.41, 5.74) is 3.83. The standard InChI is InChI=1S/C29H35N5O3/c1-29(2,3)37-28(36)34-16-14-21(15-17-34)30-27(35)31-22-10-12-24-20(18-22)9-13-26(32-24)33-25-11-8-19-6-4-5-7-23(19)25/h4-7,9-10,12-13,18,21,25H,8,11,14-17H2,1-3H3,(H,32,33)(H2,30,31,35)/t25-/m1/s1. The molecule has 8 heteroatoms. The third-order valence-corrected chi connectivity index (χ3v) is 6.88. The maximum absolute atomic E-state index is 12.6. The van der Waals surface area contributed by atoms with Crippen LogP contribution in [0.5, 0.6) is 0 Å². The average molecular weight is 502 g/mol. The SMILES string of the molecule is CC(C)(C)OC(=O)N1CCC(NC(=O)Nc2ccc3nc(N[C@@H]4CCc5ccccc54)ccc3c2)CC1. The van der Waals surface area contributed by atoms with E-state index in [1.54, 1.807) is 4.90 Å². The number of urea groups is 1. The predicted octanol–water partition coefficient (Wildman–Crippen LogP) is 5.86. The maximum Gasteiger partial charge on any atom is 0.410 e. The Kier molecular flexibility index (Phi) is 6.91. The van der Waals surface area contributed by atoms with E-state index in [0.717, 1.165) is 29.6 Å². The maximum atomic E-state index is 12.6. The van der Waals surface area contributed by atoms with E-state index < -0.39 is 5.60 Å². The number of anilines is 2. The highest BCUT2D eigenvalue weighted by Gasteiger charge is 2.27. The molecule has 1 atom stereocenters. The van der Waals surface area contributed by atoms with Crippen LogP contribution in [0, 0.1) is 0 Å². The molecule has 1 fully saturated rings. The third kappa shape index (κ3) is 6.13. The molecule has 3 amide bonds. The molecule has 8 nitrogen and oxygen atoms in total. The Bertz CT molecular complexity index is 1290. The first-order chi connectivity index (χ1) is 17.7. The second kappa shape index (κ2) is 10.3. The molecule has 5 rings (SSSR count). The second-order valence-corrected chi connectivity index (χ2v) is 10.9. The van der Waals surface area contributed by atoms with Crippen molar-refractivity contribution in [2.45, 2.75) is 64.1 Å². The van der Waals surface area contributed by atoms with E-state index in [-0.39, 0.29) is 24.2 Å². The van der Waals surface area contributed by atoms with E-state index in [9.17, 15) is 9.59 Å². The van der Waals surface area contributed by atoms with Gasteiger partial charge in [-0.15, -0.1) is 0 Å². The van der Waals surface area contributed by atoms with Crippen LogP contribution in [0.3, 0.4) is 0 Å². The molecule has 1 saturated heterocycles. The van der Waals surface area contributed by atoms with Gasteiger partial charge in [0, 0.05) is 30.2 Å². The molecular formula is C29H35N5O3. The molecule has 3 N–H and O–H groups in total. The number of nitrogens with zero attached hydrogens (tertiary/aromatic N) is 2. The van der Waals surface area contributed by atoms with Gasteiger partial charge in [-0.05, 0) is 87.9 Å². The Morgan fingerprint density at radius 3 is 2.57 bits per heavy atom. The fourth-order valence-electron chi connectivity index (χ4n) is 5.05. The van der Waals surface area contributed by atoms with Crippen LogP contribution in [0.25, 0.3) is 10.9 Å². The molecule has 2 aliphatic rings. The highest BCUT2D eigenvalue weighted by Crippen LogP contribution is 2.33. The van der Waals surface area contributed by atoms with Crippen LogP contribution in [0.15, 0.2) is 54.6 Å². The number of aryl methyl sites for hydroxylation is 1. The number of benzene rings is 2. The van der Waals surface area contributed by atoms with Gasteiger partial charge in [-0.2, -0.15) is 0 Å². The molecule has 2 aromatic carbocycles. The highest BCUT2D eigenvalue weighted by molar-refractivity contribution is 5.93. The minimum Gasteiger partial charge on any atom is -0.444 e. The molecule has 0 unspecified atom stereocenters. The fourth-order valence-corrected chi connectivity index (χ4v) is 5.05. The number of aromatic nitrogens is 1. The molecule has 0 bridgehead atoms. The number of nitrogens with one attached hydrogen (secondary N) is 3. The van der Waals surface area contributed by atoms with Crippen molar-refractivity contribution < 1.29 is 14.3 Å². The first-order valence-electron chi connectivity index (χ1n) is 13.0. The molecule has 1 aromatic heterocycles. The van der Waals surface area contributed by atoms with Gasteiger partial charge in [-0.25, -0.2) is 14.6 Å². The van der Waals surface area contributed by atoms with Crippen molar-refractivity contribution >= 4 is 34.5 Å². The number of amides is 3. The Morgan fingerprint density at radius 1 is 1.00 bits per heavy atom. The van der Waals surface area contributed by atoms with Crippen LogP contribution < -0.4 is 16.0 Å². The predicted molar refractivity (Wildman–Crippen MR) is 146 cm³/mol. The van der Waals surface area contributed by atoms with Gasteiger partial charge in [-0.3, -0.25) is 0 Å². The average Bonchev–Trinajstić information content (AvgIpc) is 3.26. The van der Waals surface area contributed by atoms with E-state index in [4.69, 9.17) is 9.72 Å². The fraction of sp³-hybridized carbons (Fsp3) is 0.414. The number of rotatable bonds is 4.